The first-order valence-corrected chi connectivity index (χ1v) is 4.31. The van der Waals surface area contributed by atoms with Gasteiger partial charge >= 0.3 is 6.18 Å². The molecule has 90 valence electrons. The molecule has 0 aliphatic rings. The molecule has 0 saturated heterocycles. The Morgan fingerprint density at radius 3 is 2.50 bits per heavy atom. The Balaban J connectivity index is 3.32. The number of rotatable bonds is 3. The fraction of sp³-hybridized carbons (Fsp3) is 0.333. The average Bonchev–Trinajstić information content (AvgIpc) is 2.16. The number of anilines is 1. The van der Waals surface area contributed by atoms with Crippen LogP contribution in [0.5, 0.6) is 0 Å². The summed E-state index contributed by atoms with van der Waals surface area (Å²) < 4.78 is 37.9. The van der Waals surface area contributed by atoms with Crippen molar-refractivity contribution in [2.75, 3.05) is 12.1 Å². The molecule has 0 aliphatic carbocycles. The highest BCUT2D eigenvalue weighted by Crippen LogP contribution is 2.35. The molecule has 0 atom stereocenters. The molecule has 0 aromatic heterocycles. The third-order valence-electron chi connectivity index (χ3n) is 2.05. The molecule has 0 bridgehead atoms. The molecule has 1 aromatic rings. The fourth-order valence-electron chi connectivity index (χ4n) is 1.39. The van der Waals surface area contributed by atoms with Crippen molar-refractivity contribution in [3.05, 3.63) is 29.3 Å². The van der Waals surface area contributed by atoms with Gasteiger partial charge in [-0.1, -0.05) is 6.07 Å². The van der Waals surface area contributed by atoms with Gasteiger partial charge in [0.1, 0.15) is 6.61 Å². The highest BCUT2D eigenvalue weighted by atomic mass is 19.4. The van der Waals surface area contributed by atoms with Crippen LogP contribution in [0.3, 0.4) is 0 Å². The Labute approximate surface area is 89.9 Å². The summed E-state index contributed by atoms with van der Waals surface area (Å²) in [7, 11) is 1.40. The minimum Gasteiger partial charge on any atom is -0.314 e. The summed E-state index contributed by atoms with van der Waals surface area (Å²) in [6.07, 6.45) is -4.51. The van der Waals surface area contributed by atoms with Gasteiger partial charge in [-0.15, -0.1) is 0 Å². The van der Waals surface area contributed by atoms with Crippen molar-refractivity contribution in [1.82, 2.24) is 0 Å². The van der Waals surface area contributed by atoms with E-state index >= 15 is 0 Å². The molecule has 0 saturated carbocycles. The molecule has 0 aliphatic heterocycles. The molecular formula is C9H11F3N2O2. The number of nitrogens with zero attached hydrogens (tertiary/aromatic N) is 1. The van der Waals surface area contributed by atoms with Crippen molar-refractivity contribution >= 4 is 5.69 Å². The normalized spacial score (nSPS) is 11.6. The van der Waals surface area contributed by atoms with Crippen LogP contribution in [-0.4, -0.2) is 12.3 Å². The zero-order valence-corrected chi connectivity index (χ0v) is 8.45. The van der Waals surface area contributed by atoms with Gasteiger partial charge in [-0.3, -0.25) is 5.26 Å². The molecule has 16 heavy (non-hydrogen) atoms. The number of halogens is 3. The van der Waals surface area contributed by atoms with Crippen LogP contribution in [0.1, 0.15) is 11.1 Å². The number of benzene rings is 1. The van der Waals surface area contributed by atoms with Crippen LogP contribution in [0.15, 0.2) is 18.2 Å². The SMILES string of the molecule is CN(N)c1cccc(C(F)(F)F)c1COO. The van der Waals surface area contributed by atoms with E-state index in [1.54, 1.807) is 0 Å². The van der Waals surface area contributed by atoms with Crippen molar-refractivity contribution < 1.29 is 23.3 Å². The smallest absolute Gasteiger partial charge is 0.314 e. The lowest BCUT2D eigenvalue weighted by atomic mass is 10.1. The van der Waals surface area contributed by atoms with Gasteiger partial charge in [-0.25, -0.2) is 10.7 Å². The molecule has 0 spiro atoms. The first-order chi connectivity index (χ1) is 7.38. The summed E-state index contributed by atoms with van der Waals surface area (Å²) in [5.41, 5.74) is -0.942. The minimum absolute atomic E-state index is 0.142. The summed E-state index contributed by atoms with van der Waals surface area (Å²) in [4.78, 5) is 3.77. The molecule has 1 aromatic carbocycles. The molecule has 0 fully saturated rings. The van der Waals surface area contributed by atoms with Gasteiger partial charge in [-0.2, -0.15) is 13.2 Å². The van der Waals surface area contributed by atoms with Gasteiger partial charge in [0.25, 0.3) is 0 Å². The second-order valence-corrected chi connectivity index (χ2v) is 3.19. The van der Waals surface area contributed by atoms with Crippen LogP contribution in [0.25, 0.3) is 0 Å². The van der Waals surface area contributed by atoms with Crippen molar-refractivity contribution in [2.24, 2.45) is 5.84 Å². The van der Waals surface area contributed by atoms with Crippen molar-refractivity contribution in [3.8, 4) is 0 Å². The average molecular weight is 236 g/mol. The third kappa shape index (κ3) is 2.63. The predicted molar refractivity (Wildman–Crippen MR) is 51.5 cm³/mol. The van der Waals surface area contributed by atoms with Crippen LogP contribution < -0.4 is 10.9 Å². The summed E-state index contributed by atoms with van der Waals surface area (Å²) in [5.74, 6) is 5.39. The standard InChI is InChI=1S/C9H11F3N2O2/c1-14(13)8-4-2-3-7(9(10,11)12)6(8)5-16-15/h2-4,15H,5,13H2,1H3. The molecule has 0 heterocycles. The highest BCUT2D eigenvalue weighted by molar-refractivity contribution is 5.55. The van der Waals surface area contributed by atoms with Gasteiger partial charge in [0, 0.05) is 12.6 Å². The topological polar surface area (TPSA) is 58.7 Å². The second kappa shape index (κ2) is 4.69. The molecule has 0 amide bonds. The molecule has 1 rings (SSSR count). The lowest BCUT2D eigenvalue weighted by Crippen LogP contribution is -2.27. The predicted octanol–water partition coefficient (Wildman–Crippen LogP) is 2.00. The van der Waals surface area contributed by atoms with Gasteiger partial charge in [0.05, 0.1) is 11.3 Å². The summed E-state index contributed by atoms with van der Waals surface area (Å²) >= 11 is 0. The van der Waals surface area contributed by atoms with Crippen LogP contribution in [0.4, 0.5) is 18.9 Å². The highest BCUT2D eigenvalue weighted by Gasteiger charge is 2.34. The Hall–Kier alpha value is -1.31. The maximum Gasteiger partial charge on any atom is 0.416 e. The summed E-state index contributed by atoms with van der Waals surface area (Å²) in [6.45, 7) is -0.577. The Morgan fingerprint density at radius 2 is 2.06 bits per heavy atom. The van der Waals surface area contributed by atoms with Crippen molar-refractivity contribution in [2.45, 2.75) is 12.8 Å². The van der Waals surface area contributed by atoms with E-state index in [1.165, 1.54) is 19.2 Å². The number of hydrogen-bond donors (Lipinski definition) is 2. The molecule has 0 unspecified atom stereocenters. The van der Waals surface area contributed by atoms with Gasteiger partial charge in [-0.05, 0) is 12.1 Å². The molecule has 4 nitrogen and oxygen atoms in total. The van der Waals surface area contributed by atoms with E-state index in [9.17, 15) is 13.2 Å². The second-order valence-electron chi connectivity index (χ2n) is 3.19. The van der Waals surface area contributed by atoms with E-state index in [1.807, 2.05) is 0 Å². The number of hydrazine groups is 1. The van der Waals surface area contributed by atoms with E-state index in [0.717, 1.165) is 11.1 Å². The first kappa shape index (κ1) is 12.8. The van der Waals surface area contributed by atoms with Crippen LogP contribution in [0.2, 0.25) is 0 Å². The Morgan fingerprint density at radius 1 is 1.44 bits per heavy atom. The van der Waals surface area contributed by atoms with Crippen molar-refractivity contribution in [1.29, 1.82) is 0 Å². The third-order valence-corrected chi connectivity index (χ3v) is 2.05. The fourth-order valence-corrected chi connectivity index (χ4v) is 1.39. The molecule has 0 radical (unpaired) electrons. The van der Waals surface area contributed by atoms with Crippen molar-refractivity contribution in [3.63, 3.8) is 0 Å². The zero-order valence-electron chi connectivity index (χ0n) is 8.45. The van der Waals surface area contributed by atoms with Gasteiger partial charge < -0.3 is 5.01 Å². The van der Waals surface area contributed by atoms with E-state index < -0.39 is 18.3 Å². The van der Waals surface area contributed by atoms with Gasteiger partial charge in [0.15, 0.2) is 0 Å². The Kier molecular flexibility index (Phi) is 3.74. The number of nitrogens with two attached hydrogens (primary N) is 1. The number of hydrogen-bond acceptors (Lipinski definition) is 4. The van der Waals surface area contributed by atoms with E-state index in [4.69, 9.17) is 11.1 Å². The van der Waals surface area contributed by atoms with Crippen LogP contribution >= 0.6 is 0 Å². The lowest BCUT2D eigenvalue weighted by Gasteiger charge is -2.20. The quantitative estimate of drug-likeness (QED) is 0.478. The van der Waals surface area contributed by atoms with E-state index in [2.05, 4.69) is 4.89 Å². The maximum atomic E-state index is 12.6. The molecule has 3 N–H and O–H groups in total. The maximum absolute atomic E-state index is 12.6. The first-order valence-electron chi connectivity index (χ1n) is 4.31. The van der Waals surface area contributed by atoms with Gasteiger partial charge in [0.2, 0.25) is 0 Å². The lowest BCUT2D eigenvalue weighted by molar-refractivity contribution is -0.253. The Bertz CT molecular complexity index is 366. The largest absolute Gasteiger partial charge is 0.416 e. The van der Waals surface area contributed by atoms with E-state index in [-0.39, 0.29) is 11.3 Å². The monoisotopic (exact) mass is 236 g/mol. The summed E-state index contributed by atoms with van der Waals surface area (Å²) in [5, 5.41) is 9.32. The molecular weight excluding hydrogens is 225 g/mol. The zero-order chi connectivity index (χ0) is 12.3. The minimum atomic E-state index is -4.51. The van der Waals surface area contributed by atoms with E-state index in [0.29, 0.717) is 0 Å². The molecule has 7 heteroatoms. The van der Waals surface area contributed by atoms with Crippen LogP contribution in [0, 0.1) is 0 Å². The van der Waals surface area contributed by atoms with Crippen LogP contribution in [-0.2, 0) is 17.7 Å². The number of alkyl halides is 3. The summed E-state index contributed by atoms with van der Waals surface area (Å²) in [6, 6.07) is 3.55.